The molecule has 2 aromatic carbocycles. The van der Waals surface area contributed by atoms with Crippen molar-refractivity contribution >= 4 is 46.2 Å². The van der Waals surface area contributed by atoms with Crippen LogP contribution in [-0.2, 0) is 26.1 Å². The maximum atomic E-state index is 13.1. The molecule has 0 aliphatic carbocycles. The summed E-state index contributed by atoms with van der Waals surface area (Å²) in [5, 5.41) is 10.8. The number of pyridine rings is 1. The molecule has 0 atom stereocenters. The minimum absolute atomic E-state index is 0. The van der Waals surface area contributed by atoms with Crippen LogP contribution in [0.1, 0.15) is 29.1 Å². The number of nitrogens with zero attached hydrogens (tertiary/aromatic N) is 6. The molecular formula is C28H28ClF3N6OS. The molecule has 0 N–H and O–H groups in total. The number of fused-ring (bicyclic) bond motifs is 4. The van der Waals surface area contributed by atoms with Crippen molar-refractivity contribution in [3.63, 3.8) is 0 Å². The minimum atomic E-state index is -4.59. The zero-order valence-electron chi connectivity index (χ0n) is 22.0. The van der Waals surface area contributed by atoms with Crippen molar-refractivity contribution in [2.75, 3.05) is 25.4 Å². The fourth-order valence-corrected chi connectivity index (χ4v) is 6.02. The monoisotopic (exact) mass is 588 g/mol. The number of alkyl halides is 3. The molecule has 0 saturated heterocycles. The van der Waals surface area contributed by atoms with Gasteiger partial charge in [0.05, 0.1) is 5.52 Å². The van der Waals surface area contributed by atoms with Crippen molar-refractivity contribution in [3.05, 3.63) is 65.2 Å². The number of halogens is 4. The number of hydrogen-bond donors (Lipinski definition) is 0. The third-order valence-electron chi connectivity index (χ3n) is 7.18. The van der Waals surface area contributed by atoms with Gasteiger partial charge in [-0.15, -0.1) is 22.6 Å². The van der Waals surface area contributed by atoms with Gasteiger partial charge in [0.15, 0.2) is 16.6 Å². The van der Waals surface area contributed by atoms with Gasteiger partial charge >= 0.3 is 12.1 Å². The Kier molecular flexibility index (Phi) is 8.08. The molecule has 0 spiro atoms. The summed E-state index contributed by atoms with van der Waals surface area (Å²) in [7, 11) is 1.99. The van der Waals surface area contributed by atoms with E-state index in [4.69, 9.17) is 4.42 Å². The van der Waals surface area contributed by atoms with E-state index >= 15 is 0 Å². The maximum absolute atomic E-state index is 13.1. The van der Waals surface area contributed by atoms with Crippen LogP contribution in [0, 0.1) is 6.92 Å². The summed E-state index contributed by atoms with van der Waals surface area (Å²) >= 11 is 1.68. The van der Waals surface area contributed by atoms with Gasteiger partial charge in [0.25, 0.3) is 0 Å². The van der Waals surface area contributed by atoms with E-state index in [1.54, 1.807) is 17.8 Å². The summed E-state index contributed by atoms with van der Waals surface area (Å²) < 4.78 is 46.3. The SMILES string of the molecule is Cc1ccc2c(-c3nnc(SCCCN4CCc5ccc6oc(C(F)(F)F)nc6c5CC4)n3C)cccc2n1.Cl. The number of oxazole rings is 1. The first-order valence-corrected chi connectivity index (χ1v) is 13.9. The summed E-state index contributed by atoms with van der Waals surface area (Å²) in [4.78, 5) is 10.8. The average molecular weight is 589 g/mol. The van der Waals surface area contributed by atoms with E-state index in [1.807, 2.05) is 48.9 Å². The number of rotatable bonds is 6. The smallest absolute Gasteiger partial charge is 0.433 e. The lowest BCUT2D eigenvalue weighted by molar-refractivity contribution is -0.156. The number of benzene rings is 2. The summed E-state index contributed by atoms with van der Waals surface area (Å²) in [6.07, 6.45) is -2.21. The topological polar surface area (TPSA) is 72.9 Å². The molecule has 0 fully saturated rings. The lowest BCUT2D eigenvalue weighted by atomic mass is 10.0. The van der Waals surface area contributed by atoms with E-state index in [2.05, 4.69) is 31.1 Å². The van der Waals surface area contributed by atoms with Crippen LogP contribution in [0.25, 0.3) is 33.4 Å². The van der Waals surface area contributed by atoms with Crippen LogP contribution in [0.5, 0.6) is 0 Å². The predicted molar refractivity (Wildman–Crippen MR) is 152 cm³/mol. The highest BCUT2D eigenvalue weighted by Crippen LogP contribution is 2.34. The molecule has 0 radical (unpaired) electrons. The summed E-state index contributed by atoms with van der Waals surface area (Å²) in [5.41, 5.74) is 5.38. The van der Waals surface area contributed by atoms with E-state index in [9.17, 15) is 13.2 Å². The maximum Gasteiger partial charge on any atom is 0.468 e. The Morgan fingerprint density at radius 3 is 2.65 bits per heavy atom. The zero-order valence-corrected chi connectivity index (χ0v) is 23.7. The van der Waals surface area contributed by atoms with Crippen LogP contribution in [0.15, 0.2) is 52.0 Å². The second-order valence-electron chi connectivity index (χ2n) is 9.80. The molecule has 0 amide bonds. The summed E-state index contributed by atoms with van der Waals surface area (Å²) in [5.74, 6) is 0.517. The molecule has 7 nitrogen and oxygen atoms in total. The van der Waals surface area contributed by atoms with Gasteiger partial charge in [-0.05, 0) is 62.1 Å². The molecule has 3 aromatic heterocycles. The van der Waals surface area contributed by atoms with Gasteiger partial charge in [-0.3, -0.25) is 4.98 Å². The Balaban J connectivity index is 0.00000323. The fourth-order valence-electron chi connectivity index (χ4n) is 5.19. The lowest BCUT2D eigenvalue weighted by Crippen LogP contribution is -2.27. The molecular weight excluding hydrogens is 561 g/mol. The van der Waals surface area contributed by atoms with E-state index in [1.165, 1.54) is 0 Å². The average Bonchev–Trinajstić information content (AvgIpc) is 3.45. The zero-order chi connectivity index (χ0) is 27.1. The van der Waals surface area contributed by atoms with E-state index in [-0.39, 0.29) is 18.0 Å². The van der Waals surface area contributed by atoms with E-state index in [0.717, 1.165) is 82.5 Å². The Morgan fingerprint density at radius 2 is 1.82 bits per heavy atom. The van der Waals surface area contributed by atoms with E-state index < -0.39 is 12.1 Å². The number of thioether (sulfide) groups is 1. The standard InChI is InChI=1S/C28H27F3N6OS.ClH/c1-17-7-9-20-21(5-3-6-22(20)32-17)25-34-35-27(36(25)2)39-16-4-13-37-14-11-18-8-10-23-24(19(18)12-15-37)33-26(38-23)28(29,30)31;/h3,5-10H,4,11-16H2,1-2H3;1H. The second-order valence-corrected chi connectivity index (χ2v) is 10.9. The highest BCUT2D eigenvalue weighted by molar-refractivity contribution is 7.99. The molecule has 1 aliphatic heterocycles. The number of hydrogen-bond acceptors (Lipinski definition) is 7. The molecule has 5 aromatic rings. The number of aromatic nitrogens is 5. The van der Waals surface area contributed by atoms with Crippen molar-refractivity contribution in [3.8, 4) is 11.4 Å². The van der Waals surface area contributed by atoms with Gasteiger partial charge in [0, 0.05) is 42.5 Å². The van der Waals surface area contributed by atoms with Crippen LogP contribution in [0.2, 0.25) is 0 Å². The van der Waals surface area contributed by atoms with Crippen molar-refractivity contribution in [2.45, 2.75) is 37.5 Å². The first kappa shape index (κ1) is 28.4. The second kappa shape index (κ2) is 11.4. The largest absolute Gasteiger partial charge is 0.468 e. The number of aryl methyl sites for hydroxylation is 1. The van der Waals surface area contributed by atoms with Crippen molar-refractivity contribution in [2.24, 2.45) is 7.05 Å². The molecule has 6 rings (SSSR count). The van der Waals surface area contributed by atoms with Crippen LogP contribution in [-0.4, -0.2) is 55.0 Å². The molecule has 1 aliphatic rings. The molecule has 0 saturated carbocycles. The quantitative estimate of drug-likeness (QED) is 0.165. The summed E-state index contributed by atoms with van der Waals surface area (Å²) in [6, 6.07) is 13.6. The van der Waals surface area contributed by atoms with Gasteiger partial charge in [0.2, 0.25) is 0 Å². The van der Waals surface area contributed by atoms with Crippen molar-refractivity contribution in [1.29, 1.82) is 0 Å². The molecule has 210 valence electrons. The van der Waals surface area contributed by atoms with Crippen molar-refractivity contribution < 1.29 is 17.6 Å². The lowest BCUT2D eigenvalue weighted by Gasteiger charge is -2.19. The van der Waals surface area contributed by atoms with Gasteiger partial charge < -0.3 is 13.9 Å². The Morgan fingerprint density at radius 1 is 1.00 bits per heavy atom. The third kappa shape index (κ3) is 5.55. The van der Waals surface area contributed by atoms with Crippen LogP contribution in [0.4, 0.5) is 13.2 Å². The van der Waals surface area contributed by atoms with Crippen LogP contribution >= 0.6 is 24.2 Å². The van der Waals surface area contributed by atoms with Crippen LogP contribution in [0.3, 0.4) is 0 Å². The van der Waals surface area contributed by atoms with Crippen molar-refractivity contribution in [1.82, 2.24) is 29.6 Å². The molecule has 40 heavy (non-hydrogen) atoms. The Bertz CT molecular complexity index is 1670. The predicted octanol–water partition coefficient (Wildman–Crippen LogP) is 6.50. The highest BCUT2D eigenvalue weighted by Gasteiger charge is 2.38. The highest BCUT2D eigenvalue weighted by atomic mass is 35.5. The molecule has 0 bridgehead atoms. The van der Waals surface area contributed by atoms with Gasteiger partial charge in [0.1, 0.15) is 5.52 Å². The minimum Gasteiger partial charge on any atom is -0.433 e. The molecule has 0 unspecified atom stereocenters. The van der Waals surface area contributed by atoms with Gasteiger partial charge in [-0.1, -0.05) is 36.0 Å². The van der Waals surface area contributed by atoms with E-state index in [0.29, 0.717) is 11.9 Å². The Labute approximate surface area is 239 Å². The van der Waals surface area contributed by atoms with Gasteiger partial charge in [-0.2, -0.15) is 13.2 Å². The summed E-state index contributed by atoms with van der Waals surface area (Å²) in [6.45, 7) is 4.51. The first-order valence-electron chi connectivity index (χ1n) is 12.9. The first-order chi connectivity index (χ1) is 18.8. The molecule has 12 heteroatoms. The molecule has 4 heterocycles. The normalized spacial score (nSPS) is 14.3. The third-order valence-corrected chi connectivity index (χ3v) is 8.28. The van der Waals surface area contributed by atoms with Gasteiger partial charge in [-0.25, -0.2) is 4.98 Å². The Hall–Kier alpha value is -3.15. The van der Waals surface area contributed by atoms with Crippen LogP contribution < -0.4 is 0 Å². The fraction of sp³-hybridized carbons (Fsp3) is 0.357.